The Balaban J connectivity index is 1.79. The molecular weight excluding hydrogens is 742 g/mol. The molecule has 3 rings (SSSR count). The van der Waals surface area contributed by atoms with Gasteiger partial charge in [-0.25, -0.2) is 0 Å². The van der Waals surface area contributed by atoms with E-state index in [4.69, 9.17) is 28.4 Å². The summed E-state index contributed by atoms with van der Waals surface area (Å²) in [6.45, 7) is 0.365. The van der Waals surface area contributed by atoms with E-state index in [0.29, 0.717) is 18.1 Å². The van der Waals surface area contributed by atoms with Gasteiger partial charge in [-0.05, 0) is 18.2 Å². The predicted octanol–water partition coefficient (Wildman–Crippen LogP) is -8.89. The molecule has 308 valence electrons. The van der Waals surface area contributed by atoms with E-state index in [0.717, 1.165) is 6.08 Å². The molecule has 0 saturated carbocycles. The Bertz CT molecular complexity index is 1160. The lowest BCUT2D eigenvalue weighted by molar-refractivity contribution is -0.405. The smallest absolute Gasteiger partial charge is 0.243 e. The number of hydrogen-bond acceptors (Lipinski definition) is 22. The van der Waals surface area contributed by atoms with Gasteiger partial charge < -0.3 is 105 Å². The van der Waals surface area contributed by atoms with Crippen molar-refractivity contribution in [3.8, 4) is 0 Å². The Kier molecular flexibility index (Phi) is 18.1. The fourth-order valence-electron chi connectivity index (χ4n) is 5.89. The molecule has 22 nitrogen and oxygen atoms in total. The van der Waals surface area contributed by atoms with Gasteiger partial charge in [0, 0.05) is 18.7 Å². The molecule has 0 aromatic rings. The van der Waals surface area contributed by atoms with Crippen LogP contribution in [0.1, 0.15) is 12.8 Å². The summed E-state index contributed by atoms with van der Waals surface area (Å²) in [5, 5.41) is 139. The molecule has 0 aliphatic carbocycles. The molecule has 17 atom stereocenters. The van der Waals surface area contributed by atoms with Gasteiger partial charge in [-0.2, -0.15) is 11.8 Å². The fraction of sp³-hybridized carbons (Fsp3) is 0.867. The Morgan fingerprint density at radius 1 is 0.811 bits per heavy atom. The number of nitrogens with one attached hydrogen (secondary N) is 1. The summed E-state index contributed by atoms with van der Waals surface area (Å²) < 4.78 is 33.2. The number of aliphatic hydroxyl groups is 12. The van der Waals surface area contributed by atoms with Crippen LogP contribution in [-0.2, 0) is 38.0 Å². The quantitative estimate of drug-likeness (QED) is 0.0402. The van der Waals surface area contributed by atoms with E-state index in [1.807, 2.05) is 0 Å². The van der Waals surface area contributed by atoms with Crippen molar-refractivity contribution >= 4 is 23.6 Å². The van der Waals surface area contributed by atoms with Crippen LogP contribution < -0.4 is 10.4 Å². The van der Waals surface area contributed by atoms with Crippen LogP contribution in [0.5, 0.6) is 0 Å². The van der Waals surface area contributed by atoms with Crippen molar-refractivity contribution in [1.29, 1.82) is 0 Å². The average molecular weight is 793 g/mol. The van der Waals surface area contributed by atoms with E-state index < -0.39 is 136 Å². The number of carboxylic acids is 1. The molecule has 13 N–H and O–H groups in total. The summed E-state index contributed by atoms with van der Waals surface area (Å²) in [5.74, 6) is -4.01. The van der Waals surface area contributed by atoms with Crippen LogP contribution in [0.15, 0.2) is 12.7 Å². The van der Waals surface area contributed by atoms with Gasteiger partial charge in [0.25, 0.3) is 0 Å². The van der Waals surface area contributed by atoms with E-state index in [1.165, 1.54) is 11.8 Å². The Labute approximate surface area is 307 Å². The number of aliphatic hydroxyl groups excluding tert-OH is 12. The van der Waals surface area contributed by atoms with E-state index in [9.17, 15) is 76.0 Å². The number of carbonyl (C=O) groups excluding carboxylic acids is 2. The first-order valence-electron chi connectivity index (χ1n) is 16.7. The minimum Gasteiger partial charge on any atom is -0.544 e. The number of amides is 1. The minimum atomic E-state index is -2.68. The highest BCUT2D eigenvalue weighted by molar-refractivity contribution is 7.99. The molecule has 3 fully saturated rings. The number of rotatable bonds is 20. The lowest BCUT2D eigenvalue weighted by Gasteiger charge is -2.51. The van der Waals surface area contributed by atoms with Crippen molar-refractivity contribution in [2.24, 2.45) is 0 Å². The standard InChI is InChI=1S/C30H51NO21S/c1-2-16(39)31-4-7-53-6-3-5-47-30(29(45)46)8-12(35)24(25(52-30)15(38)11-34)50-28-21(44)26(20(43)23(49-28)14(37)10-33)51-27-19(42)17(40)18(41)22(48-27)13(36)9-32/h2,12-15,17-28,32-38,40-44H,1,3-11H2,(H,31,39)(H,45,46)/p-1/t12-,13+,14+,15-,17+,18+,19+,20-,21+,22-,23-,24-,25-,26+,27-,28-,30-/m1/s1. The van der Waals surface area contributed by atoms with E-state index in [-0.39, 0.29) is 18.9 Å². The molecule has 0 aromatic carbocycles. The van der Waals surface area contributed by atoms with Gasteiger partial charge in [-0.1, -0.05) is 6.58 Å². The van der Waals surface area contributed by atoms with E-state index >= 15 is 0 Å². The first-order valence-corrected chi connectivity index (χ1v) is 17.8. The lowest BCUT2D eigenvalue weighted by Crippen LogP contribution is -2.69. The van der Waals surface area contributed by atoms with Crippen LogP contribution in [0.4, 0.5) is 0 Å². The summed E-state index contributed by atoms with van der Waals surface area (Å²) in [6, 6.07) is 0. The summed E-state index contributed by atoms with van der Waals surface area (Å²) in [6.07, 6.45) is -31.0. The number of aliphatic carboxylic acids is 1. The highest BCUT2D eigenvalue weighted by Gasteiger charge is 2.57. The van der Waals surface area contributed by atoms with Crippen molar-refractivity contribution in [3.05, 3.63) is 12.7 Å². The summed E-state index contributed by atoms with van der Waals surface area (Å²) in [7, 11) is 0. The van der Waals surface area contributed by atoms with Gasteiger partial charge in [0.05, 0.1) is 32.5 Å². The maximum atomic E-state index is 12.3. The third kappa shape index (κ3) is 11.2. The number of thioether (sulfide) groups is 1. The predicted molar refractivity (Wildman–Crippen MR) is 171 cm³/mol. The Morgan fingerprint density at radius 3 is 1.92 bits per heavy atom. The molecule has 0 unspecified atom stereocenters. The molecule has 3 aliphatic rings. The van der Waals surface area contributed by atoms with Crippen molar-refractivity contribution in [2.75, 3.05) is 44.5 Å². The van der Waals surface area contributed by atoms with Crippen LogP contribution in [-0.4, -0.2) is 221 Å². The highest BCUT2D eigenvalue weighted by atomic mass is 32.2. The summed E-state index contributed by atoms with van der Waals surface area (Å²) >= 11 is 1.41. The van der Waals surface area contributed by atoms with Gasteiger partial charge in [-0.15, -0.1) is 0 Å². The summed E-state index contributed by atoms with van der Waals surface area (Å²) in [4.78, 5) is 23.6. The zero-order valence-corrected chi connectivity index (χ0v) is 29.2. The number of carbonyl (C=O) groups is 2. The largest absolute Gasteiger partial charge is 0.544 e. The van der Waals surface area contributed by atoms with Crippen molar-refractivity contribution in [2.45, 2.75) is 117 Å². The van der Waals surface area contributed by atoms with Crippen LogP contribution in [0.2, 0.25) is 0 Å². The fourth-order valence-corrected chi connectivity index (χ4v) is 6.66. The topological polar surface area (TPSA) is 367 Å². The normalized spacial score (nSPS) is 39.5. The van der Waals surface area contributed by atoms with Crippen LogP contribution in [0, 0.1) is 0 Å². The number of ether oxygens (including phenoxy) is 6. The molecule has 0 radical (unpaired) electrons. The van der Waals surface area contributed by atoms with E-state index in [2.05, 4.69) is 11.9 Å². The van der Waals surface area contributed by atoms with Gasteiger partial charge in [0.1, 0.15) is 85.3 Å². The molecule has 0 spiro atoms. The van der Waals surface area contributed by atoms with Gasteiger partial charge >= 0.3 is 0 Å². The molecule has 0 bridgehead atoms. The highest BCUT2D eigenvalue weighted by Crippen LogP contribution is 2.37. The van der Waals surface area contributed by atoms with E-state index in [1.54, 1.807) is 0 Å². The second-order valence-electron chi connectivity index (χ2n) is 12.5. The maximum Gasteiger partial charge on any atom is 0.243 e. The van der Waals surface area contributed by atoms with Crippen LogP contribution in [0.25, 0.3) is 0 Å². The lowest BCUT2D eigenvalue weighted by atomic mass is 9.91. The Hall–Kier alpha value is -1.69. The third-order valence-electron chi connectivity index (χ3n) is 8.79. The molecule has 3 heterocycles. The van der Waals surface area contributed by atoms with Gasteiger partial charge in [-0.3, -0.25) is 4.79 Å². The third-order valence-corrected chi connectivity index (χ3v) is 9.86. The van der Waals surface area contributed by atoms with Crippen molar-refractivity contribution < 1.29 is 104 Å². The summed E-state index contributed by atoms with van der Waals surface area (Å²) in [5.41, 5.74) is 0. The zero-order valence-electron chi connectivity index (χ0n) is 28.3. The van der Waals surface area contributed by atoms with Crippen LogP contribution in [0.3, 0.4) is 0 Å². The first-order chi connectivity index (χ1) is 25.1. The minimum absolute atomic E-state index is 0.251. The SMILES string of the molecule is C=CC(=O)NCCSCCCO[C@]1(C(=O)[O-])C[C@@H](O)[C@@H](O[C@H]2O[C@H]([C@@H](O)CO)[C@@H](O)[C@H](O[C@H]3O[C@H]([C@@H](O)CO)[C@@H](O)[C@H](O)[C@@H]3O)[C@@H]2O)[C@@H]([C@H](O)CO)O1. The second-order valence-corrected chi connectivity index (χ2v) is 13.8. The van der Waals surface area contributed by atoms with Gasteiger partial charge in [0.2, 0.25) is 11.7 Å². The van der Waals surface area contributed by atoms with Gasteiger partial charge in [0.15, 0.2) is 12.6 Å². The molecule has 53 heavy (non-hydrogen) atoms. The molecular formula is C30H50NO21S-. The molecule has 3 aliphatic heterocycles. The van der Waals surface area contributed by atoms with Crippen molar-refractivity contribution in [1.82, 2.24) is 5.32 Å². The number of carboxylic acid groups (broad SMARTS) is 1. The second kappa shape index (κ2) is 21.0. The van der Waals surface area contributed by atoms with Crippen molar-refractivity contribution in [3.63, 3.8) is 0 Å². The molecule has 3 saturated heterocycles. The van der Waals surface area contributed by atoms with Crippen LogP contribution >= 0.6 is 11.8 Å². The first kappa shape index (κ1) is 45.7. The monoisotopic (exact) mass is 792 g/mol. The average Bonchev–Trinajstić information content (AvgIpc) is 3.14. The number of hydrogen-bond donors (Lipinski definition) is 13. The molecule has 1 amide bonds. The molecule has 23 heteroatoms. The zero-order chi connectivity index (χ0) is 39.6. The molecule has 0 aromatic heterocycles. The Morgan fingerprint density at radius 2 is 1.36 bits per heavy atom. The maximum absolute atomic E-state index is 12.3.